The maximum absolute atomic E-state index is 13.9. The molecule has 1 amide bonds. The van der Waals surface area contributed by atoms with E-state index in [0.717, 1.165) is 25.5 Å². The number of hydrogen-bond donors (Lipinski definition) is 2. The van der Waals surface area contributed by atoms with E-state index >= 15 is 0 Å². The maximum atomic E-state index is 13.9. The Hall–Kier alpha value is -2.81. The fourth-order valence-electron chi connectivity index (χ4n) is 3.92. The first-order valence-electron chi connectivity index (χ1n) is 9.62. The Kier molecular flexibility index (Phi) is 5.31. The fraction of sp³-hybridized carbons (Fsp3) is 0.450. The van der Waals surface area contributed by atoms with E-state index in [1.54, 1.807) is 0 Å². The number of carbonyl (C=O) groups is 2. The minimum Gasteiger partial charge on any atom is -0.481 e. The number of rotatable bonds is 5. The molecule has 4 rings (SSSR count). The summed E-state index contributed by atoms with van der Waals surface area (Å²) in [7, 11) is 0. The zero-order valence-electron chi connectivity index (χ0n) is 15.6. The van der Waals surface area contributed by atoms with Crippen molar-refractivity contribution in [2.75, 3.05) is 13.1 Å². The highest BCUT2D eigenvalue weighted by molar-refractivity contribution is 5.93. The summed E-state index contributed by atoms with van der Waals surface area (Å²) in [6.45, 7) is 1.13. The van der Waals surface area contributed by atoms with Gasteiger partial charge in [0, 0.05) is 37.3 Å². The van der Waals surface area contributed by atoms with E-state index in [0.29, 0.717) is 25.1 Å². The third kappa shape index (κ3) is 4.00. The molecule has 29 heavy (non-hydrogen) atoms. The average Bonchev–Trinajstić information content (AvgIpc) is 3.11. The molecule has 0 spiro atoms. The summed E-state index contributed by atoms with van der Waals surface area (Å²) >= 11 is 0. The number of carbonyl (C=O) groups excluding carboxylic acids is 1. The average molecular weight is 405 g/mol. The van der Waals surface area contributed by atoms with Crippen LogP contribution in [-0.2, 0) is 4.79 Å². The van der Waals surface area contributed by atoms with E-state index in [1.165, 1.54) is 18.6 Å². The molecular weight excluding hydrogens is 384 g/mol. The first kappa shape index (κ1) is 19.5. The summed E-state index contributed by atoms with van der Waals surface area (Å²) in [5.74, 6) is -3.82. The van der Waals surface area contributed by atoms with Gasteiger partial charge in [0.15, 0.2) is 11.5 Å². The molecule has 1 aromatic heterocycles. The Morgan fingerprint density at radius 1 is 1.21 bits per heavy atom. The molecule has 2 heterocycles. The second-order valence-corrected chi connectivity index (χ2v) is 7.59. The van der Waals surface area contributed by atoms with Gasteiger partial charge in [0.25, 0.3) is 5.91 Å². The summed E-state index contributed by atoms with van der Waals surface area (Å²) in [6.07, 6.45) is 3.87. The van der Waals surface area contributed by atoms with Crippen molar-refractivity contribution >= 4 is 11.9 Å². The standard InChI is InChI=1S/C20H21F2N3O4/c21-11-4-5-13(15(22)8-11)18-9-17(24-29-18)19(26)23-16-6-7-25(12-2-1-3-12)10-14(16)20(27)28/h4-5,8-9,12,14,16H,1-3,6-7,10H2,(H,23,26)(H,27,28). The SMILES string of the molecule is O=C(NC1CCN(C2CCC2)CC1C(=O)O)c1cc(-c2ccc(F)cc2F)on1. The van der Waals surface area contributed by atoms with Crippen molar-refractivity contribution in [2.24, 2.45) is 5.92 Å². The first-order chi connectivity index (χ1) is 13.9. The molecule has 2 fully saturated rings. The summed E-state index contributed by atoms with van der Waals surface area (Å²) in [5, 5.41) is 16.0. The van der Waals surface area contributed by atoms with E-state index < -0.39 is 35.5 Å². The predicted molar refractivity (Wildman–Crippen MR) is 98.1 cm³/mol. The monoisotopic (exact) mass is 405 g/mol. The number of nitrogens with zero attached hydrogens (tertiary/aromatic N) is 2. The minimum atomic E-state index is -0.950. The molecule has 1 saturated carbocycles. The topological polar surface area (TPSA) is 95.7 Å². The van der Waals surface area contributed by atoms with Gasteiger partial charge in [-0.05, 0) is 31.4 Å². The van der Waals surface area contributed by atoms with Gasteiger partial charge in [0.05, 0.1) is 11.5 Å². The number of nitrogens with one attached hydrogen (secondary N) is 1. The minimum absolute atomic E-state index is 0.0118. The number of aromatic nitrogens is 1. The van der Waals surface area contributed by atoms with Crippen LogP contribution in [0.15, 0.2) is 28.8 Å². The van der Waals surface area contributed by atoms with Crippen LogP contribution in [0.4, 0.5) is 8.78 Å². The van der Waals surface area contributed by atoms with Gasteiger partial charge in [-0.1, -0.05) is 11.6 Å². The normalized spacial score (nSPS) is 22.8. The molecule has 1 aliphatic carbocycles. The molecule has 9 heteroatoms. The second kappa shape index (κ2) is 7.90. The van der Waals surface area contributed by atoms with Gasteiger partial charge in [-0.2, -0.15) is 0 Å². The molecule has 2 unspecified atom stereocenters. The van der Waals surface area contributed by atoms with Crippen LogP contribution < -0.4 is 5.32 Å². The van der Waals surface area contributed by atoms with E-state index in [2.05, 4.69) is 15.4 Å². The molecule has 2 N–H and O–H groups in total. The zero-order chi connectivity index (χ0) is 20.5. The molecule has 1 aliphatic heterocycles. The summed E-state index contributed by atoms with van der Waals surface area (Å²) in [4.78, 5) is 26.5. The van der Waals surface area contributed by atoms with Crippen molar-refractivity contribution in [1.29, 1.82) is 0 Å². The zero-order valence-corrected chi connectivity index (χ0v) is 15.6. The molecule has 1 aromatic carbocycles. The van der Waals surface area contributed by atoms with Crippen LogP contribution in [0.1, 0.15) is 36.2 Å². The van der Waals surface area contributed by atoms with Gasteiger partial charge in [-0.15, -0.1) is 0 Å². The lowest BCUT2D eigenvalue weighted by Crippen LogP contribution is -2.56. The van der Waals surface area contributed by atoms with Crippen LogP contribution in [0.5, 0.6) is 0 Å². The van der Waals surface area contributed by atoms with Crippen LogP contribution in [0.2, 0.25) is 0 Å². The smallest absolute Gasteiger partial charge is 0.309 e. The van der Waals surface area contributed by atoms with Crippen molar-refractivity contribution in [3.8, 4) is 11.3 Å². The predicted octanol–water partition coefficient (Wildman–Crippen LogP) is 2.68. The number of carboxylic acids is 1. The van der Waals surface area contributed by atoms with Gasteiger partial charge in [-0.3, -0.25) is 14.5 Å². The summed E-state index contributed by atoms with van der Waals surface area (Å²) < 4.78 is 32.0. The first-order valence-corrected chi connectivity index (χ1v) is 9.62. The number of aliphatic carboxylic acids is 1. The Morgan fingerprint density at radius 2 is 2.00 bits per heavy atom. The number of halogens is 2. The lowest BCUT2D eigenvalue weighted by atomic mass is 9.85. The molecular formula is C20H21F2N3O4. The number of likely N-dealkylation sites (tertiary alicyclic amines) is 1. The van der Waals surface area contributed by atoms with E-state index in [4.69, 9.17) is 4.52 Å². The molecule has 1 saturated heterocycles. The van der Waals surface area contributed by atoms with Crippen molar-refractivity contribution in [3.63, 3.8) is 0 Å². The Labute approximate surface area is 165 Å². The van der Waals surface area contributed by atoms with Crippen LogP contribution >= 0.6 is 0 Å². The third-order valence-electron chi connectivity index (χ3n) is 5.81. The molecule has 0 radical (unpaired) electrons. The lowest BCUT2D eigenvalue weighted by molar-refractivity contribution is -0.145. The summed E-state index contributed by atoms with van der Waals surface area (Å²) in [5.41, 5.74) is -0.107. The molecule has 0 bridgehead atoms. The quantitative estimate of drug-likeness (QED) is 0.794. The van der Waals surface area contributed by atoms with Crippen LogP contribution in [0.3, 0.4) is 0 Å². The Morgan fingerprint density at radius 3 is 2.66 bits per heavy atom. The van der Waals surface area contributed by atoms with E-state index in [-0.39, 0.29) is 17.0 Å². The number of amides is 1. The van der Waals surface area contributed by atoms with Crippen molar-refractivity contribution in [1.82, 2.24) is 15.4 Å². The van der Waals surface area contributed by atoms with Crippen LogP contribution in [0, 0.1) is 17.6 Å². The van der Waals surface area contributed by atoms with Gasteiger partial charge in [0.2, 0.25) is 0 Å². The highest BCUT2D eigenvalue weighted by atomic mass is 19.1. The number of piperidine rings is 1. The molecule has 2 aliphatic rings. The maximum Gasteiger partial charge on any atom is 0.309 e. The van der Waals surface area contributed by atoms with E-state index in [9.17, 15) is 23.5 Å². The van der Waals surface area contributed by atoms with Gasteiger partial charge in [-0.25, -0.2) is 8.78 Å². The van der Waals surface area contributed by atoms with Gasteiger partial charge in [0.1, 0.15) is 11.6 Å². The van der Waals surface area contributed by atoms with Crippen molar-refractivity contribution in [2.45, 2.75) is 37.8 Å². The fourth-order valence-corrected chi connectivity index (χ4v) is 3.92. The highest BCUT2D eigenvalue weighted by Gasteiger charge is 2.39. The third-order valence-corrected chi connectivity index (χ3v) is 5.81. The van der Waals surface area contributed by atoms with Gasteiger partial charge < -0.3 is 14.9 Å². The Balaban J connectivity index is 1.44. The largest absolute Gasteiger partial charge is 0.481 e. The number of carboxylic acid groups (broad SMARTS) is 1. The molecule has 2 aromatic rings. The number of hydrogen-bond acceptors (Lipinski definition) is 5. The van der Waals surface area contributed by atoms with Gasteiger partial charge >= 0.3 is 5.97 Å². The number of benzene rings is 1. The summed E-state index contributed by atoms with van der Waals surface area (Å²) in [6, 6.07) is 4.16. The van der Waals surface area contributed by atoms with Crippen molar-refractivity contribution in [3.05, 3.63) is 41.6 Å². The lowest BCUT2D eigenvalue weighted by Gasteiger charge is -2.44. The van der Waals surface area contributed by atoms with Crippen LogP contribution in [-0.4, -0.2) is 52.2 Å². The molecule has 7 nitrogen and oxygen atoms in total. The second-order valence-electron chi connectivity index (χ2n) is 7.59. The van der Waals surface area contributed by atoms with Crippen molar-refractivity contribution < 1.29 is 28.0 Å². The van der Waals surface area contributed by atoms with E-state index in [1.807, 2.05) is 0 Å². The van der Waals surface area contributed by atoms with Crippen LogP contribution in [0.25, 0.3) is 11.3 Å². The highest BCUT2D eigenvalue weighted by Crippen LogP contribution is 2.30. The Bertz CT molecular complexity index is 928. The molecule has 2 atom stereocenters. The molecule has 154 valence electrons.